The molecule has 0 bridgehead atoms. The maximum Gasteiger partial charge on any atom is 0.255 e. The highest BCUT2D eigenvalue weighted by Gasteiger charge is 2.24. The third kappa shape index (κ3) is 4.21. The predicted molar refractivity (Wildman–Crippen MR) is 114 cm³/mol. The Labute approximate surface area is 178 Å². The molecule has 0 radical (unpaired) electrons. The summed E-state index contributed by atoms with van der Waals surface area (Å²) in [6.07, 6.45) is 0. The molecule has 2 heterocycles. The van der Waals surface area contributed by atoms with E-state index in [0.29, 0.717) is 31.7 Å². The van der Waals surface area contributed by atoms with Crippen LogP contribution in [0.2, 0.25) is 5.02 Å². The molecule has 0 aliphatic carbocycles. The van der Waals surface area contributed by atoms with Crippen molar-refractivity contribution in [3.8, 4) is 17.0 Å². The summed E-state index contributed by atoms with van der Waals surface area (Å²) < 4.78 is 18.4. The first-order valence-corrected chi connectivity index (χ1v) is 9.90. The number of anilines is 1. The summed E-state index contributed by atoms with van der Waals surface area (Å²) in [7, 11) is 1.63. The fraction of sp³-hybridized carbons (Fsp3) is 0.227. The Morgan fingerprint density at radius 2 is 1.73 bits per heavy atom. The van der Waals surface area contributed by atoms with Gasteiger partial charge in [0.25, 0.3) is 5.91 Å². The van der Waals surface area contributed by atoms with Crippen LogP contribution in [-0.4, -0.2) is 54.3 Å². The van der Waals surface area contributed by atoms with Gasteiger partial charge in [-0.15, -0.1) is 10.2 Å². The van der Waals surface area contributed by atoms with Gasteiger partial charge in [0.2, 0.25) is 0 Å². The summed E-state index contributed by atoms with van der Waals surface area (Å²) in [5.74, 6) is 0.899. The Kier molecular flexibility index (Phi) is 5.81. The van der Waals surface area contributed by atoms with Crippen LogP contribution in [0.5, 0.6) is 5.75 Å². The highest BCUT2D eigenvalue weighted by atomic mass is 35.5. The van der Waals surface area contributed by atoms with Gasteiger partial charge in [-0.3, -0.25) is 4.79 Å². The van der Waals surface area contributed by atoms with Crippen molar-refractivity contribution in [1.29, 1.82) is 0 Å². The van der Waals surface area contributed by atoms with Crippen LogP contribution in [0.1, 0.15) is 10.4 Å². The molecular formula is C22H20ClFN4O2. The Balaban J connectivity index is 1.39. The Bertz CT molecular complexity index is 1040. The van der Waals surface area contributed by atoms with E-state index in [2.05, 4.69) is 15.1 Å². The summed E-state index contributed by atoms with van der Waals surface area (Å²) in [5.41, 5.74) is 2.05. The van der Waals surface area contributed by atoms with Crippen molar-refractivity contribution in [2.75, 3.05) is 38.2 Å². The summed E-state index contributed by atoms with van der Waals surface area (Å²) in [6, 6.07) is 15.3. The fourth-order valence-corrected chi connectivity index (χ4v) is 3.63. The number of halogens is 2. The molecule has 2 aromatic carbocycles. The largest absolute Gasteiger partial charge is 0.497 e. The fourth-order valence-electron chi connectivity index (χ4n) is 3.38. The smallest absolute Gasteiger partial charge is 0.255 e. The molecular weight excluding hydrogens is 407 g/mol. The van der Waals surface area contributed by atoms with Crippen molar-refractivity contribution in [3.05, 3.63) is 71.0 Å². The number of rotatable bonds is 4. The summed E-state index contributed by atoms with van der Waals surface area (Å²) in [4.78, 5) is 16.5. The lowest BCUT2D eigenvalue weighted by Crippen LogP contribution is -2.49. The molecule has 30 heavy (non-hydrogen) atoms. The second kappa shape index (κ2) is 8.67. The molecule has 154 valence electrons. The lowest BCUT2D eigenvalue weighted by atomic mass is 10.1. The first-order valence-electron chi connectivity index (χ1n) is 9.52. The monoisotopic (exact) mass is 426 g/mol. The van der Waals surface area contributed by atoms with Crippen LogP contribution in [-0.2, 0) is 0 Å². The zero-order valence-electron chi connectivity index (χ0n) is 16.4. The van der Waals surface area contributed by atoms with E-state index in [4.69, 9.17) is 16.3 Å². The third-order valence-electron chi connectivity index (χ3n) is 5.09. The van der Waals surface area contributed by atoms with Gasteiger partial charge in [0, 0.05) is 31.7 Å². The van der Waals surface area contributed by atoms with Crippen molar-refractivity contribution in [1.82, 2.24) is 15.1 Å². The molecule has 1 saturated heterocycles. The molecule has 8 heteroatoms. The molecule has 1 fully saturated rings. The van der Waals surface area contributed by atoms with E-state index in [9.17, 15) is 9.18 Å². The highest BCUT2D eigenvalue weighted by Crippen LogP contribution is 2.23. The number of methoxy groups -OCH3 is 1. The predicted octanol–water partition coefficient (Wildman–Crippen LogP) is 3.91. The number of amides is 1. The average Bonchev–Trinajstić information content (AvgIpc) is 2.79. The molecule has 0 N–H and O–H groups in total. The molecule has 0 unspecified atom stereocenters. The first kappa shape index (κ1) is 20.1. The number of piperazine rings is 1. The molecule has 1 aliphatic heterocycles. The van der Waals surface area contributed by atoms with Gasteiger partial charge in [-0.25, -0.2) is 4.39 Å². The van der Waals surface area contributed by atoms with Gasteiger partial charge in [0.1, 0.15) is 11.6 Å². The van der Waals surface area contributed by atoms with Crippen LogP contribution in [0.25, 0.3) is 11.3 Å². The van der Waals surface area contributed by atoms with Crippen LogP contribution in [0.4, 0.5) is 10.2 Å². The van der Waals surface area contributed by atoms with E-state index in [1.807, 2.05) is 36.4 Å². The number of ether oxygens (including phenoxy) is 1. The molecule has 0 atom stereocenters. The summed E-state index contributed by atoms with van der Waals surface area (Å²) in [6.45, 7) is 2.30. The van der Waals surface area contributed by atoms with Crippen molar-refractivity contribution < 1.29 is 13.9 Å². The third-order valence-corrected chi connectivity index (χ3v) is 5.40. The maximum atomic E-state index is 13.2. The molecule has 4 rings (SSSR count). The number of aromatic nitrogens is 2. The molecule has 1 aromatic heterocycles. The van der Waals surface area contributed by atoms with Gasteiger partial charge in [-0.05, 0) is 54.6 Å². The lowest BCUT2D eigenvalue weighted by molar-refractivity contribution is 0.0746. The number of benzene rings is 2. The SMILES string of the molecule is COc1ccc(-c2ccc(N3CCN(C(=O)c4ccc(F)cc4Cl)CC3)nn2)cc1. The van der Waals surface area contributed by atoms with E-state index in [1.54, 1.807) is 12.0 Å². The average molecular weight is 427 g/mol. The molecule has 6 nitrogen and oxygen atoms in total. The van der Waals surface area contributed by atoms with Crippen LogP contribution < -0.4 is 9.64 Å². The standard InChI is InChI=1S/C22H20ClFN4O2/c1-30-17-5-2-15(3-6-17)20-8-9-21(26-25-20)27-10-12-28(13-11-27)22(29)18-7-4-16(24)14-19(18)23/h2-9,14H,10-13H2,1H3. The second-order valence-corrected chi connectivity index (χ2v) is 7.32. The van der Waals surface area contributed by atoms with E-state index < -0.39 is 5.82 Å². The van der Waals surface area contributed by atoms with Gasteiger partial charge in [0.05, 0.1) is 23.4 Å². The normalized spacial score (nSPS) is 14.0. The number of nitrogens with zero attached hydrogens (tertiary/aromatic N) is 4. The maximum absolute atomic E-state index is 13.2. The molecule has 1 aliphatic rings. The zero-order chi connectivity index (χ0) is 21.1. The van der Waals surface area contributed by atoms with Gasteiger partial charge in [-0.1, -0.05) is 11.6 Å². The van der Waals surface area contributed by atoms with Crippen LogP contribution in [0, 0.1) is 5.82 Å². The van der Waals surface area contributed by atoms with Crippen molar-refractivity contribution in [2.45, 2.75) is 0 Å². The van der Waals surface area contributed by atoms with Gasteiger partial charge >= 0.3 is 0 Å². The Morgan fingerprint density at radius 3 is 2.33 bits per heavy atom. The number of hydrogen-bond donors (Lipinski definition) is 0. The zero-order valence-corrected chi connectivity index (χ0v) is 17.1. The Hall–Kier alpha value is -3.19. The van der Waals surface area contributed by atoms with Crippen molar-refractivity contribution in [2.24, 2.45) is 0 Å². The molecule has 0 spiro atoms. The minimum absolute atomic E-state index is 0.127. The summed E-state index contributed by atoms with van der Waals surface area (Å²) in [5, 5.41) is 8.81. The van der Waals surface area contributed by atoms with Gasteiger partial charge < -0.3 is 14.5 Å². The number of carbonyl (C=O) groups is 1. The quantitative estimate of drug-likeness (QED) is 0.633. The molecule has 1 amide bonds. The molecule has 3 aromatic rings. The van der Waals surface area contributed by atoms with E-state index in [1.165, 1.54) is 12.1 Å². The van der Waals surface area contributed by atoms with Crippen LogP contribution in [0.15, 0.2) is 54.6 Å². The van der Waals surface area contributed by atoms with Gasteiger partial charge in [-0.2, -0.15) is 0 Å². The van der Waals surface area contributed by atoms with Crippen molar-refractivity contribution in [3.63, 3.8) is 0 Å². The first-order chi connectivity index (χ1) is 14.5. The number of carbonyl (C=O) groups excluding carboxylic acids is 1. The van der Waals surface area contributed by atoms with E-state index in [-0.39, 0.29) is 10.9 Å². The topological polar surface area (TPSA) is 58.6 Å². The number of hydrogen-bond acceptors (Lipinski definition) is 5. The van der Waals surface area contributed by atoms with E-state index in [0.717, 1.165) is 28.9 Å². The van der Waals surface area contributed by atoms with Crippen LogP contribution in [0.3, 0.4) is 0 Å². The van der Waals surface area contributed by atoms with Crippen LogP contribution >= 0.6 is 11.6 Å². The van der Waals surface area contributed by atoms with Crippen molar-refractivity contribution >= 4 is 23.3 Å². The Morgan fingerprint density at radius 1 is 1.00 bits per heavy atom. The molecule has 0 saturated carbocycles. The highest BCUT2D eigenvalue weighted by molar-refractivity contribution is 6.33. The minimum atomic E-state index is -0.460. The second-order valence-electron chi connectivity index (χ2n) is 6.91. The van der Waals surface area contributed by atoms with E-state index >= 15 is 0 Å². The lowest BCUT2D eigenvalue weighted by Gasteiger charge is -2.35. The minimum Gasteiger partial charge on any atom is -0.497 e. The summed E-state index contributed by atoms with van der Waals surface area (Å²) >= 11 is 6.03. The van der Waals surface area contributed by atoms with Gasteiger partial charge in [0.15, 0.2) is 5.82 Å².